The number of halogens is 1. The van der Waals surface area contributed by atoms with Gasteiger partial charge >= 0.3 is 0 Å². The molecule has 0 aliphatic heterocycles. The van der Waals surface area contributed by atoms with E-state index in [-0.39, 0.29) is 12.5 Å². The zero-order valence-corrected chi connectivity index (χ0v) is 18.5. The summed E-state index contributed by atoms with van der Waals surface area (Å²) in [4.78, 5) is 12.4. The second kappa shape index (κ2) is 10.1. The Morgan fingerprint density at radius 1 is 0.839 bits per heavy atom. The molecule has 0 atom stereocenters. The van der Waals surface area contributed by atoms with Crippen molar-refractivity contribution in [2.24, 2.45) is 0 Å². The van der Waals surface area contributed by atoms with E-state index in [1.54, 1.807) is 0 Å². The molecule has 0 aliphatic carbocycles. The first kappa shape index (κ1) is 20.9. The number of rotatable bonds is 8. The third-order valence-corrected chi connectivity index (χ3v) is 5.62. The average Bonchev–Trinajstić information content (AvgIpc) is 2.80. The Kier molecular flexibility index (Phi) is 6.85. The molecule has 1 amide bonds. The molecule has 4 nitrogen and oxygen atoms in total. The first-order chi connectivity index (χ1) is 15.2. The normalized spacial score (nSPS) is 10.6. The number of ether oxygens (including phenoxy) is 2. The summed E-state index contributed by atoms with van der Waals surface area (Å²) >= 11 is 3.58. The maximum Gasteiger partial charge on any atom is 0.262 e. The molecule has 4 rings (SSSR count). The second-order valence-corrected chi connectivity index (χ2v) is 7.84. The average molecular weight is 476 g/mol. The summed E-state index contributed by atoms with van der Waals surface area (Å²) in [6.07, 6.45) is 0.825. The molecule has 5 heteroatoms. The second-order valence-electron chi connectivity index (χ2n) is 7.05. The van der Waals surface area contributed by atoms with E-state index < -0.39 is 0 Å². The predicted molar refractivity (Wildman–Crippen MR) is 128 cm³/mol. The molecule has 0 saturated heterocycles. The number of hydrogen-bond acceptors (Lipinski definition) is 3. The van der Waals surface area contributed by atoms with E-state index in [2.05, 4.69) is 33.4 Å². The Labute approximate surface area is 189 Å². The number of anilines is 1. The Balaban J connectivity index is 1.30. The molecule has 0 heterocycles. The van der Waals surface area contributed by atoms with Crippen LogP contribution >= 0.6 is 15.9 Å². The summed E-state index contributed by atoms with van der Waals surface area (Å²) in [7, 11) is 0. The molecule has 4 aromatic carbocycles. The van der Waals surface area contributed by atoms with Crippen molar-refractivity contribution in [1.82, 2.24) is 0 Å². The fraction of sp³-hybridized carbons (Fsp3) is 0.115. The fourth-order valence-corrected chi connectivity index (χ4v) is 3.87. The predicted octanol–water partition coefficient (Wildman–Crippen LogP) is 6.24. The smallest absolute Gasteiger partial charge is 0.262 e. The molecule has 0 saturated carbocycles. The highest BCUT2D eigenvalue weighted by molar-refractivity contribution is 9.10. The van der Waals surface area contributed by atoms with Gasteiger partial charge in [-0.1, -0.05) is 66.7 Å². The summed E-state index contributed by atoms with van der Waals surface area (Å²) in [5, 5.41) is 5.01. The molecular formula is C26H22BrNO3. The van der Waals surface area contributed by atoms with Crippen molar-refractivity contribution >= 4 is 38.3 Å². The van der Waals surface area contributed by atoms with Crippen LogP contribution in [0.4, 0.5) is 5.69 Å². The Hall–Kier alpha value is -3.31. The molecule has 0 spiro atoms. The number of hydrogen-bond donors (Lipinski definition) is 1. The molecule has 4 aromatic rings. The maximum atomic E-state index is 12.4. The molecule has 0 aromatic heterocycles. The number of nitrogens with one attached hydrogen (secondary N) is 1. The van der Waals surface area contributed by atoms with Crippen LogP contribution < -0.4 is 14.8 Å². The maximum absolute atomic E-state index is 12.4. The first-order valence-electron chi connectivity index (χ1n) is 10.1. The topological polar surface area (TPSA) is 47.6 Å². The van der Waals surface area contributed by atoms with Crippen LogP contribution in [0.3, 0.4) is 0 Å². The third kappa shape index (κ3) is 5.64. The van der Waals surface area contributed by atoms with Crippen LogP contribution in [0.25, 0.3) is 10.8 Å². The minimum absolute atomic E-state index is 0.0873. The number of benzene rings is 4. The largest absolute Gasteiger partial charge is 0.493 e. The van der Waals surface area contributed by atoms with Crippen LogP contribution in [-0.2, 0) is 11.2 Å². The highest BCUT2D eigenvalue weighted by atomic mass is 79.9. The van der Waals surface area contributed by atoms with Crippen LogP contribution in [-0.4, -0.2) is 19.1 Å². The van der Waals surface area contributed by atoms with Gasteiger partial charge in [0.25, 0.3) is 5.91 Å². The molecular weight excluding hydrogens is 454 g/mol. The number of amides is 1. The van der Waals surface area contributed by atoms with Gasteiger partial charge < -0.3 is 14.8 Å². The zero-order valence-electron chi connectivity index (χ0n) is 16.9. The van der Waals surface area contributed by atoms with E-state index in [0.717, 1.165) is 21.7 Å². The van der Waals surface area contributed by atoms with Crippen molar-refractivity contribution in [3.8, 4) is 11.5 Å². The van der Waals surface area contributed by atoms with E-state index >= 15 is 0 Å². The minimum Gasteiger partial charge on any atom is -0.493 e. The van der Waals surface area contributed by atoms with Gasteiger partial charge in [-0.3, -0.25) is 4.79 Å². The summed E-state index contributed by atoms with van der Waals surface area (Å²) in [5.74, 6) is 1.11. The number of carbonyl (C=O) groups excluding carboxylic acids is 1. The van der Waals surface area contributed by atoms with E-state index in [1.807, 2.05) is 78.9 Å². The van der Waals surface area contributed by atoms with E-state index in [1.165, 1.54) is 5.56 Å². The molecule has 156 valence electrons. The van der Waals surface area contributed by atoms with Gasteiger partial charge in [0.15, 0.2) is 6.61 Å². The van der Waals surface area contributed by atoms with Crippen molar-refractivity contribution in [2.75, 3.05) is 18.5 Å². The Bertz CT molecular complexity index is 1180. The van der Waals surface area contributed by atoms with Crippen molar-refractivity contribution < 1.29 is 14.3 Å². The van der Waals surface area contributed by atoms with Crippen molar-refractivity contribution in [1.29, 1.82) is 0 Å². The fourth-order valence-electron chi connectivity index (χ4n) is 3.26. The van der Waals surface area contributed by atoms with E-state index in [4.69, 9.17) is 9.47 Å². The van der Waals surface area contributed by atoms with Crippen molar-refractivity contribution in [2.45, 2.75) is 6.42 Å². The zero-order chi connectivity index (χ0) is 21.5. The monoisotopic (exact) mass is 475 g/mol. The minimum atomic E-state index is -0.235. The van der Waals surface area contributed by atoms with Gasteiger partial charge in [-0.2, -0.15) is 0 Å². The quantitative estimate of drug-likeness (QED) is 0.328. The lowest BCUT2D eigenvalue weighted by molar-refractivity contribution is -0.118. The summed E-state index contributed by atoms with van der Waals surface area (Å²) < 4.78 is 12.4. The van der Waals surface area contributed by atoms with Gasteiger partial charge in [0.05, 0.1) is 11.1 Å². The lowest BCUT2D eigenvalue weighted by Gasteiger charge is -2.12. The molecule has 0 aliphatic rings. The van der Waals surface area contributed by atoms with Gasteiger partial charge in [-0.05, 0) is 50.5 Å². The standard InChI is InChI=1S/C26H22BrNO3/c27-26-23-12-5-4-9-20(23)13-14-24(26)31-18-25(29)28-21-10-6-11-22(17-21)30-16-15-19-7-2-1-3-8-19/h1-14,17H,15-16,18H2,(H,28,29). The molecule has 0 fully saturated rings. The Morgan fingerprint density at radius 2 is 1.65 bits per heavy atom. The van der Waals surface area contributed by atoms with Crippen LogP contribution in [0.5, 0.6) is 11.5 Å². The van der Waals surface area contributed by atoms with Crippen LogP contribution in [0.2, 0.25) is 0 Å². The molecule has 0 unspecified atom stereocenters. The number of carbonyl (C=O) groups is 1. The lowest BCUT2D eigenvalue weighted by atomic mass is 10.1. The summed E-state index contributed by atoms with van der Waals surface area (Å²) in [5.41, 5.74) is 1.90. The van der Waals surface area contributed by atoms with Crippen molar-refractivity contribution in [3.63, 3.8) is 0 Å². The summed E-state index contributed by atoms with van der Waals surface area (Å²) in [6, 6.07) is 29.4. The Morgan fingerprint density at radius 3 is 2.52 bits per heavy atom. The molecule has 0 bridgehead atoms. The van der Waals surface area contributed by atoms with Crippen LogP contribution in [0, 0.1) is 0 Å². The van der Waals surface area contributed by atoms with E-state index in [0.29, 0.717) is 23.8 Å². The first-order valence-corrected chi connectivity index (χ1v) is 10.8. The molecule has 0 radical (unpaired) electrons. The van der Waals surface area contributed by atoms with Gasteiger partial charge in [-0.15, -0.1) is 0 Å². The van der Waals surface area contributed by atoms with E-state index in [9.17, 15) is 4.79 Å². The van der Waals surface area contributed by atoms with Crippen LogP contribution in [0.15, 0.2) is 95.5 Å². The lowest BCUT2D eigenvalue weighted by Crippen LogP contribution is -2.20. The van der Waals surface area contributed by atoms with Gasteiger partial charge in [-0.25, -0.2) is 0 Å². The highest BCUT2D eigenvalue weighted by Crippen LogP contribution is 2.33. The number of fused-ring (bicyclic) bond motifs is 1. The van der Waals surface area contributed by atoms with Gasteiger partial charge in [0.1, 0.15) is 11.5 Å². The molecule has 1 N–H and O–H groups in total. The summed E-state index contributed by atoms with van der Waals surface area (Å²) in [6.45, 7) is 0.483. The molecule has 31 heavy (non-hydrogen) atoms. The third-order valence-electron chi connectivity index (χ3n) is 4.81. The van der Waals surface area contributed by atoms with Gasteiger partial charge in [0.2, 0.25) is 0 Å². The highest BCUT2D eigenvalue weighted by Gasteiger charge is 2.09. The van der Waals surface area contributed by atoms with Crippen molar-refractivity contribution in [3.05, 3.63) is 101 Å². The van der Waals surface area contributed by atoms with Crippen LogP contribution in [0.1, 0.15) is 5.56 Å². The van der Waals surface area contributed by atoms with Gasteiger partial charge in [0, 0.05) is 18.2 Å². The SMILES string of the molecule is O=C(COc1ccc2ccccc2c1Br)Nc1cccc(OCCc2ccccc2)c1.